The zero-order valence-corrected chi connectivity index (χ0v) is 14.7. The number of rotatable bonds is 2. The summed E-state index contributed by atoms with van der Waals surface area (Å²) in [5, 5.41) is 0.982. The summed E-state index contributed by atoms with van der Waals surface area (Å²) in [7, 11) is 1.35. The van der Waals surface area contributed by atoms with E-state index in [0.29, 0.717) is 27.9 Å². The molecule has 2 heterocycles. The number of hydrogen-bond acceptors (Lipinski definition) is 3. The summed E-state index contributed by atoms with van der Waals surface area (Å²) in [6.07, 6.45) is 0. The van der Waals surface area contributed by atoms with Crippen molar-refractivity contribution in [3.63, 3.8) is 0 Å². The third-order valence-corrected chi connectivity index (χ3v) is 4.61. The van der Waals surface area contributed by atoms with Crippen molar-refractivity contribution in [3.05, 3.63) is 63.8 Å². The predicted octanol–water partition coefficient (Wildman–Crippen LogP) is 5.33. The second-order valence-electron chi connectivity index (χ2n) is 5.66. The molecule has 1 aliphatic rings. The third kappa shape index (κ3) is 2.68. The van der Waals surface area contributed by atoms with Gasteiger partial charge in [0.15, 0.2) is 0 Å². The zero-order valence-electron chi connectivity index (χ0n) is 13.2. The topological polar surface area (TPSA) is 51.3 Å². The maximum absolute atomic E-state index is 12.3. The van der Waals surface area contributed by atoms with E-state index in [9.17, 15) is 4.79 Å². The number of aromatic nitrogens is 1. The predicted molar refractivity (Wildman–Crippen MR) is 97.4 cm³/mol. The number of methoxy groups -OCH3 is 1. The van der Waals surface area contributed by atoms with Gasteiger partial charge in [0.2, 0.25) is 0 Å². The summed E-state index contributed by atoms with van der Waals surface area (Å²) in [6, 6.07) is 12.9. The highest BCUT2D eigenvalue weighted by Crippen LogP contribution is 2.43. The fourth-order valence-corrected chi connectivity index (χ4v) is 3.66. The van der Waals surface area contributed by atoms with Gasteiger partial charge in [-0.25, -0.2) is 4.79 Å². The van der Waals surface area contributed by atoms with Gasteiger partial charge in [-0.2, -0.15) is 0 Å². The van der Waals surface area contributed by atoms with Crippen molar-refractivity contribution in [2.75, 3.05) is 7.11 Å². The lowest BCUT2D eigenvalue weighted by Gasteiger charge is -2.18. The first-order valence-corrected chi connectivity index (χ1v) is 8.36. The van der Waals surface area contributed by atoms with Gasteiger partial charge in [-0.3, -0.25) is 0 Å². The van der Waals surface area contributed by atoms with Gasteiger partial charge in [0.1, 0.15) is 18.1 Å². The number of esters is 1. The van der Waals surface area contributed by atoms with E-state index in [4.69, 9.17) is 32.7 Å². The fraction of sp³-hybridized carbons (Fsp3) is 0.105. The van der Waals surface area contributed by atoms with Crippen molar-refractivity contribution in [1.82, 2.24) is 4.98 Å². The second kappa shape index (κ2) is 6.14. The molecule has 0 saturated heterocycles. The normalized spacial score (nSPS) is 12.1. The van der Waals surface area contributed by atoms with Gasteiger partial charge in [0.25, 0.3) is 0 Å². The molecular formula is C19H13Cl2NO3. The molecule has 0 spiro atoms. The molecule has 6 heteroatoms. The van der Waals surface area contributed by atoms with Gasteiger partial charge in [0, 0.05) is 26.7 Å². The van der Waals surface area contributed by atoms with Crippen LogP contribution < -0.4 is 4.74 Å². The highest BCUT2D eigenvalue weighted by molar-refractivity contribution is 6.35. The van der Waals surface area contributed by atoms with Gasteiger partial charge in [0.05, 0.1) is 12.8 Å². The Hall–Kier alpha value is -2.43. The molecule has 25 heavy (non-hydrogen) atoms. The van der Waals surface area contributed by atoms with Crippen LogP contribution >= 0.6 is 23.2 Å². The Morgan fingerprint density at radius 2 is 1.88 bits per heavy atom. The van der Waals surface area contributed by atoms with E-state index in [-0.39, 0.29) is 0 Å². The van der Waals surface area contributed by atoms with E-state index >= 15 is 0 Å². The Bertz CT molecular complexity index is 974. The Morgan fingerprint density at radius 1 is 1.16 bits per heavy atom. The van der Waals surface area contributed by atoms with E-state index in [2.05, 4.69) is 4.98 Å². The van der Waals surface area contributed by atoms with Crippen LogP contribution in [-0.2, 0) is 11.3 Å². The minimum Gasteiger partial charge on any atom is -0.488 e. The third-order valence-electron chi connectivity index (χ3n) is 4.17. The van der Waals surface area contributed by atoms with E-state index in [0.717, 1.165) is 28.1 Å². The molecular weight excluding hydrogens is 361 g/mol. The smallest absolute Gasteiger partial charge is 0.355 e. The highest BCUT2D eigenvalue weighted by Gasteiger charge is 2.29. The van der Waals surface area contributed by atoms with E-state index < -0.39 is 5.97 Å². The first kappa shape index (κ1) is 16.1. The number of aromatic amines is 1. The van der Waals surface area contributed by atoms with Gasteiger partial charge in [-0.05, 0) is 35.9 Å². The standard InChI is InChI=1S/C19H13Cl2NO3/c1-24-19(23)18-16(10-6-11(20)8-12(21)7-10)14-9-25-15-5-3-2-4-13(15)17(14)22-18/h2-8,22H,9H2,1H3. The summed E-state index contributed by atoms with van der Waals surface area (Å²) in [5.41, 5.74) is 4.39. The first-order chi connectivity index (χ1) is 12.1. The van der Waals surface area contributed by atoms with Gasteiger partial charge < -0.3 is 14.5 Å². The number of fused-ring (bicyclic) bond motifs is 3. The summed E-state index contributed by atoms with van der Waals surface area (Å²) in [4.78, 5) is 15.6. The summed E-state index contributed by atoms with van der Waals surface area (Å²) in [6.45, 7) is 0.333. The number of H-pyrrole nitrogens is 1. The molecule has 0 bridgehead atoms. The monoisotopic (exact) mass is 373 g/mol. The summed E-state index contributed by atoms with van der Waals surface area (Å²) < 4.78 is 10.8. The molecule has 0 atom stereocenters. The molecule has 0 radical (unpaired) electrons. The van der Waals surface area contributed by atoms with Crippen molar-refractivity contribution in [2.24, 2.45) is 0 Å². The van der Waals surface area contributed by atoms with Crippen LogP contribution in [0, 0.1) is 0 Å². The number of benzene rings is 2. The minimum atomic E-state index is -0.460. The molecule has 126 valence electrons. The number of nitrogens with one attached hydrogen (secondary N) is 1. The minimum absolute atomic E-state index is 0.333. The van der Waals surface area contributed by atoms with Crippen LogP contribution in [0.3, 0.4) is 0 Å². The molecule has 0 fully saturated rings. The maximum atomic E-state index is 12.3. The molecule has 0 unspecified atom stereocenters. The fourth-order valence-electron chi connectivity index (χ4n) is 3.13. The zero-order chi connectivity index (χ0) is 17.6. The van der Waals surface area contributed by atoms with Crippen LogP contribution in [0.4, 0.5) is 0 Å². The van der Waals surface area contributed by atoms with Gasteiger partial charge in [-0.1, -0.05) is 35.3 Å². The van der Waals surface area contributed by atoms with Crippen molar-refractivity contribution >= 4 is 29.2 Å². The highest BCUT2D eigenvalue weighted by atomic mass is 35.5. The number of carbonyl (C=O) groups excluding carboxylic acids is 1. The quantitative estimate of drug-likeness (QED) is 0.617. The second-order valence-corrected chi connectivity index (χ2v) is 6.54. The molecule has 0 aliphatic carbocycles. The van der Waals surface area contributed by atoms with Crippen molar-refractivity contribution in [2.45, 2.75) is 6.61 Å². The van der Waals surface area contributed by atoms with Crippen molar-refractivity contribution in [1.29, 1.82) is 0 Å². The molecule has 1 aromatic heterocycles. The molecule has 4 nitrogen and oxygen atoms in total. The SMILES string of the molecule is COC(=O)c1[nH]c2c(c1-c1cc(Cl)cc(Cl)c1)COc1ccccc1-2. The lowest BCUT2D eigenvalue weighted by atomic mass is 9.96. The summed E-state index contributed by atoms with van der Waals surface area (Å²) in [5.74, 6) is 0.307. The van der Waals surface area contributed by atoms with Crippen LogP contribution in [-0.4, -0.2) is 18.1 Å². The number of para-hydroxylation sites is 1. The number of hydrogen-bond donors (Lipinski definition) is 1. The van der Waals surface area contributed by atoms with Gasteiger partial charge >= 0.3 is 5.97 Å². The number of ether oxygens (including phenoxy) is 2. The van der Waals surface area contributed by atoms with Crippen molar-refractivity contribution in [3.8, 4) is 28.1 Å². The maximum Gasteiger partial charge on any atom is 0.355 e. The van der Waals surface area contributed by atoms with Crippen LogP contribution in [0.5, 0.6) is 5.75 Å². The average Bonchev–Trinajstić information content (AvgIpc) is 3.00. The molecule has 1 N–H and O–H groups in total. The lowest BCUT2D eigenvalue weighted by Crippen LogP contribution is -2.05. The van der Waals surface area contributed by atoms with Crippen LogP contribution in [0.1, 0.15) is 16.1 Å². The molecule has 0 amide bonds. The Morgan fingerprint density at radius 3 is 2.60 bits per heavy atom. The molecule has 4 rings (SSSR count). The van der Waals surface area contributed by atoms with Gasteiger partial charge in [-0.15, -0.1) is 0 Å². The van der Waals surface area contributed by atoms with E-state index in [1.165, 1.54) is 7.11 Å². The number of carbonyl (C=O) groups is 1. The molecule has 1 aliphatic heterocycles. The lowest BCUT2D eigenvalue weighted by molar-refractivity contribution is 0.0596. The molecule has 3 aromatic rings. The average molecular weight is 374 g/mol. The van der Waals surface area contributed by atoms with Crippen LogP contribution in [0.15, 0.2) is 42.5 Å². The molecule has 0 saturated carbocycles. The summed E-state index contributed by atoms with van der Waals surface area (Å²) >= 11 is 12.3. The van der Waals surface area contributed by atoms with Crippen molar-refractivity contribution < 1.29 is 14.3 Å². The van der Waals surface area contributed by atoms with Crippen LogP contribution in [0.25, 0.3) is 22.4 Å². The Kier molecular flexibility index (Phi) is 3.94. The first-order valence-electron chi connectivity index (χ1n) is 7.60. The van der Waals surface area contributed by atoms with E-state index in [1.54, 1.807) is 18.2 Å². The Balaban J connectivity index is 2.01. The van der Waals surface area contributed by atoms with Crippen LogP contribution in [0.2, 0.25) is 10.0 Å². The van der Waals surface area contributed by atoms with E-state index in [1.807, 2.05) is 24.3 Å². The number of halogens is 2. The Labute approximate surface area is 154 Å². The largest absolute Gasteiger partial charge is 0.488 e. The molecule has 2 aromatic carbocycles.